The molecular weight excluding hydrogens is 512 g/mol. The van der Waals surface area contributed by atoms with E-state index in [4.69, 9.17) is 9.47 Å². The van der Waals surface area contributed by atoms with Crippen molar-refractivity contribution in [2.24, 2.45) is 0 Å². The van der Waals surface area contributed by atoms with Crippen LogP contribution in [-0.4, -0.2) is 25.4 Å². The monoisotopic (exact) mass is 552 g/mol. The Balaban J connectivity index is 1.66. The minimum absolute atomic E-state index is 0.0156. The number of rotatable bonds is 10. The fourth-order valence-corrected chi connectivity index (χ4v) is 5.97. The Kier molecular flexibility index (Phi) is 9.07. The van der Waals surface area contributed by atoms with Gasteiger partial charge < -0.3 is 14.8 Å². The number of carbonyl (C=O) groups excluding carboxylic acids is 2. The molecule has 214 valence electrons. The van der Waals surface area contributed by atoms with Gasteiger partial charge in [0.05, 0.1) is 31.1 Å². The molecule has 0 unspecified atom stereocenters. The van der Waals surface area contributed by atoms with Crippen molar-refractivity contribution in [1.29, 1.82) is 0 Å². The van der Waals surface area contributed by atoms with Crippen LogP contribution in [0.4, 0.5) is 11.4 Å². The van der Waals surface area contributed by atoms with E-state index in [2.05, 4.69) is 19.2 Å². The third kappa shape index (κ3) is 6.02. The zero-order valence-corrected chi connectivity index (χ0v) is 24.3. The van der Waals surface area contributed by atoms with E-state index < -0.39 is 6.04 Å². The van der Waals surface area contributed by atoms with Crippen molar-refractivity contribution in [1.82, 2.24) is 0 Å². The number of hydrogen-bond donors (Lipinski definition) is 1. The molecule has 1 aliphatic carbocycles. The number of para-hydroxylation sites is 3. The maximum absolute atomic E-state index is 14.3. The minimum Gasteiger partial charge on any atom is -0.497 e. The number of nitrogens with one attached hydrogen (secondary N) is 1. The molecule has 1 N–H and O–H groups in total. The highest BCUT2D eigenvalue weighted by Crippen LogP contribution is 2.49. The summed E-state index contributed by atoms with van der Waals surface area (Å²) in [6, 6.07) is 23.1. The van der Waals surface area contributed by atoms with Gasteiger partial charge in [0.2, 0.25) is 5.91 Å². The topological polar surface area (TPSA) is 67.9 Å². The molecule has 0 radical (unpaired) electrons. The third-order valence-electron chi connectivity index (χ3n) is 8.01. The highest BCUT2D eigenvalue weighted by molar-refractivity contribution is 6.06. The quantitative estimate of drug-likeness (QED) is 0.258. The van der Waals surface area contributed by atoms with E-state index in [1.807, 2.05) is 77.7 Å². The maximum atomic E-state index is 14.3. The summed E-state index contributed by atoms with van der Waals surface area (Å²) in [4.78, 5) is 30.3. The number of Topliss-reactive ketones (excluding diaryl/α,β-unsaturated/α-hetero) is 1. The molecule has 1 aliphatic heterocycles. The number of amides is 1. The zero-order chi connectivity index (χ0) is 28.8. The molecule has 1 amide bonds. The van der Waals surface area contributed by atoms with Gasteiger partial charge in [-0.3, -0.25) is 14.5 Å². The van der Waals surface area contributed by atoms with E-state index in [9.17, 15) is 9.59 Å². The summed E-state index contributed by atoms with van der Waals surface area (Å²) in [6.07, 6.45) is 5.13. The summed E-state index contributed by atoms with van der Waals surface area (Å²) in [5, 5.41) is 3.63. The molecular formula is C35H40N2O4. The van der Waals surface area contributed by atoms with Gasteiger partial charge in [-0.15, -0.1) is 0 Å². The smallest absolute Gasteiger partial charge is 0.227 e. The van der Waals surface area contributed by atoms with Crippen molar-refractivity contribution in [3.63, 3.8) is 0 Å². The van der Waals surface area contributed by atoms with Gasteiger partial charge in [-0.25, -0.2) is 0 Å². The largest absolute Gasteiger partial charge is 0.497 e. The van der Waals surface area contributed by atoms with E-state index in [-0.39, 0.29) is 17.6 Å². The second-order valence-electron chi connectivity index (χ2n) is 10.8. The minimum atomic E-state index is -0.590. The summed E-state index contributed by atoms with van der Waals surface area (Å²) in [7, 11) is 1.65. The molecule has 0 fully saturated rings. The Hall–Kier alpha value is -4.06. The van der Waals surface area contributed by atoms with Gasteiger partial charge in [0.25, 0.3) is 0 Å². The number of hydrogen-bond acceptors (Lipinski definition) is 5. The first kappa shape index (κ1) is 28.5. The van der Waals surface area contributed by atoms with Gasteiger partial charge in [0.15, 0.2) is 5.78 Å². The highest BCUT2D eigenvalue weighted by atomic mass is 16.5. The number of anilines is 2. The van der Waals surface area contributed by atoms with Crippen molar-refractivity contribution in [2.45, 2.75) is 70.8 Å². The van der Waals surface area contributed by atoms with E-state index >= 15 is 0 Å². The Morgan fingerprint density at radius 3 is 2.44 bits per heavy atom. The summed E-state index contributed by atoms with van der Waals surface area (Å²) >= 11 is 0. The average Bonchev–Trinajstić information content (AvgIpc) is 3.15. The lowest BCUT2D eigenvalue weighted by Gasteiger charge is -2.36. The summed E-state index contributed by atoms with van der Waals surface area (Å²) < 4.78 is 11.6. The molecule has 3 aromatic carbocycles. The molecule has 3 aromatic rings. The zero-order valence-electron chi connectivity index (χ0n) is 24.3. The predicted molar refractivity (Wildman–Crippen MR) is 164 cm³/mol. The number of fused-ring (bicyclic) bond motifs is 1. The molecule has 0 saturated heterocycles. The molecule has 0 saturated carbocycles. The summed E-state index contributed by atoms with van der Waals surface area (Å²) in [5.74, 6) is 1.59. The Morgan fingerprint density at radius 2 is 1.68 bits per heavy atom. The molecule has 0 spiro atoms. The van der Waals surface area contributed by atoms with E-state index in [1.165, 1.54) is 0 Å². The first-order valence-electron chi connectivity index (χ1n) is 14.9. The SMILES string of the molecule is CCCCCC(=O)N1c2ccccc2NC2=C(C(=O)C[C@@H](c3ccc(OC)cc3)C2)[C@@H]1c1ccccc1OCCC. The Morgan fingerprint density at radius 1 is 0.927 bits per heavy atom. The normalized spacial score (nSPS) is 18.2. The average molecular weight is 553 g/mol. The number of ketones is 1. The number of nitrogens with zero attached hydrogens (tertiary/aromatic N) is 1. The van der Waals surface area contributed by atoms with Gasteiger partial charge in [-0.2, -0.15) is 0 Å². The van der Waals surface area contributed by atoms with Gasteiger partial charge in [-0.05, 0) is 61.1 Å². The van der Waals surface area contributed by atoms with Gasteiger partial charge in [-0.1, -0.05) is 69.2 Å². The lowest BCUT2D eigenvalue weighted by atomic mass is 9.78. The van der Waals surface area contributed by atoms with Gasteiger partial charge in [0, 0.05) is 29.7 Å². The summed E-state index contributed by atoms with van der Waals surface area (Å²) in [5.41, 5.74) is 5.08. The van der Waals surface area contributed by atoms with Crippen LogP contribution in [0.15, 0.2) is 84.1 Å². The van der Waals surface area contributed by atoms with Crippen molar-refractivity contribution in [2.75, 3.05) is 23.9 Å². The summed E-state index contributed by atoms with van der Waals surface area (Å²) in [6.45, 7) is 4.77. The van der Waals surface area contributed by atoms with Crippen LogP contribution in [0.5, 0.6) is 11.5 Å². The third-order valence-corrected chi connectivity index (χ3v) is 8.01. The van der Waals surface area contributed by atoms with Crippen LogP contribution in [-0.2, 0) is 9.59 Å². The second kappa shape index (κ2) is 13.1. The number of ether oxygens (including phenoxy) is 2. The molecule has 2 aliphatic rings. The van der Waals surface area contributed by atoms with Crippen LogP contribution in [0.25, 0.3) is 0 Å². The van der Waals surface area contributed by atoms with Crippen molar-refractivity contribution >= 4 is 23.1 Å². The number of methoxy groups -OCH3 is 1. The Labute approximate surface area is 243 Å². The molecule has 1 heterocycles. The van der Waals surface area contributed by atoms with Gasteiger partial charge in [0.1, 0.15) is 11.5 Å². The molecule has 2 atom stereocenters. The number of benzene rings is 3. The van der Waals surface area contributed by atoms with Crippen LogP contribution in [0.2, 0.25) is 0 Å². The molecule has 41 heavy (non-hydrogen) atoms. The van der Waals surface area contributed by atoms with Crippen LogP contribution in [0, 0.1) is 0 Å². The van der Waals surface area contributed by atoms with Crippen molar-refractivity contribution in [3.8, 4) is 11.5 Å². The molecule has 0 bridgehead atoms. The lowest BCUT2D eigenvalue weighted by molar-refractivity contribution is -0.119. The van der Waals surface area contributed by atoms with E-state index in [0.29, 0.717) is 37.2 Å². The first-order valence-corrected chi connectivity index (χ1v) is 14.9. The van der Waals surface area contributed by atoms with Gasteiger partial charge >= 0.3 is 0 Å². The van der Waals surface area contributed by atoms with Crippen molar-refractivity contribution in [3.05, 3.63) is 95.2 Å². The van der Waals surface area contributed by atoms with Crippen LogP contribution < -0.4 is 19.7 Å². The highest BCUT2D eigenvalue weighted by Gasteiger charge is 2.42. The van der Waals surface area contributed by atoms with Crippen LogP contribution >= 0.6 is 0 Å². The first-order chi connectivity index (χ1) is 20.0. The molecule has 0 aromatic heterocycles. The Bertz CT molecular complexity index is 1410. The van der Waals surface area contributed by atoms with Crippen molar-refractivity contribution < 1.29 is 19.1 Å². The number of unbranched alkanes of at least 4 members (excludes halogenated alkanes) is 2. The number of carbonyl (C=O) groups is 2. The van der Waals surface area contributed by atoms with E-state index in [0.717, 1.165) is 59.6 Å². The fraction of sp³-hybridized carbons (Fsp3) is 0.371. The van der Waals surface area contributed by atoms with E-state index in [1.54, 1.807) is 7.11 Å². The standard InChI is InChI=1S/C35H40N2O4/c1-4-6-7-16-33(39)37-30-14-10-9-13-28(30)36-29-22-25(24-17-19-26(40-3)20-18-24)23-31(38)34(29)35(37)27-12-8-11-15-32(27)41-21-5-2/h8-15,17-20,25,35-36H,4-7,16,21-23H2,1-3H3/t25-,35-/m0/s1. The maximum Gasteiger partial charge on any atom is 0.227 e. The lowest BCUT2D eigenvalue weighted by Crippen LogP contribution is -2.38. The number of allylic oxidation sites excluding steroid dienone is 1. The molecule has 6 heteroatoms. The molecule has 6 nitrogen and oxygen atoms in total. The second-order valence-corrected chi connectivity index (χ2v) is 10.8. The van der Waals surface area contributed by atoms with Crippen LogP contribution in [0.1, 0.15) is 81.9 Å². The van der Waals surface area contributed by atoms with Crippen LogP contribution in [0.3, 0.4) is 0 Å². The predicted octanol–water partition coefficient (Wildman–Crippen LogP) is 7.96. The fourth-order valence-electron chi connectivity index (χ4n) is 5.97. The molecule has 5 rings (SSSR count).